The van der Waals surface area contributed by atoms with Gasteiger partial charge in [-0.15, -0.1) is 0 Å². The van der Waals surface area contributed by atoms with Crippen LogP contribution in [0.5, 0.6) is 0 Å². The lowest BCUT2D eigenvalue weighted by Gasteiger charge is -2.01. The number of carbonyl (C=O) groups is 2. The average molecular weight is 208 g/mol. The SMILES string of the molecule is O=[S+]CC(CC(=O)O)CC(=O)O.[CH3]. The van der Waals surface area contributed by atoms with Gasteiger partial charge in [-0.3, -0.25) is 9.59 Å². The molecule has 0 bridgehead atoms. The van der Waals surface area contributed by atoms with E-state index in [0.717, 1.165) is 0 Å². The predicted molar refractivity (Wildman–Crippen MR) is 47.3 cm³/mol. The van der Waals surface area contributed by atoms with Crippen molar-refractivity contribution in [3.05, 3.63) is 7.43 Å². The maximum atomic E-state index is 10.2. The third-order valence-electron chi connectivity index (χ3n) is 1.23. The van der Waals surface area contributed by atoms with E-state index in [1.807, 2.05) is 0 Å². The van der Waals surface area contributed by atoms with Gasteiger partial charge in [0.1, 0.15) is 0 Å². The highest BCUT2D eigenvalue weighted by molar-refractivity contribution is 7.65. The van der Waals surface area contributed by atoms with Crippen LogP contribution < -0.4 is 0 Å². The second kappa shape index (κ2) is 7.60. The fourth-order valence-electron chi connectivity index (χ4n) is 0.780. The molecule has 0 unspecified atom stereocenters. The Morgan fingerprint density at radius 1 is 1.15 bits per heavy atom. The summed E-state index contributed by atoms with van der Waals surface area (Å²) in [5, 5.41) is 16.6. The lowest BCUT2D eigenvalue weighted by molar-refractivity contribution is -0.140. The Balaban J connectivity index is 0. The van der Waals surface area contributed by atoms with Crippen LogP contribution in [0.25, 0.3) is 0 Å². The second-order valence-electron chi connectivity index (χ2n) is 2.35. The van der Waals surface area contributed by atoms with Crippen molar-refractivity contribution in [3.8, 4) is 0 Å². The molecule has 0 saturated carbocycles. The van der Waals surface area contributed by atoms with E-state index in [4.69, 9.17) is 10.2 Å². The molecule has 0 aromatic carbocycles. The molecular formula is C7H12O5S+. The van der Waals surface area contributed by atoms with Crippen LogP contribution >= 0.6 is 0 Å². The van der Waals surface area contributed by atoms with E-state index in [1.165, 1.54) is 0 Å². The largest absolute Gasteiger partial charge is 0.481 e. The third kappa shape index (κ3) is 8.87. The minimum atomic E-state index is -1.07. The molecule has 75 valence electrons. The lowest BCUT2D eigenvalue weighted by Crippen LogP contribution is -2.15. The number of carboxylic acids is 2. The first-order valence-corrected chi connectivity index (χ1v) is 4.15. The Hall–Kier alpha value is -1.04. The minimum absolute atomic E-state index is 0. The fourth-order valence-corrected chi connectivity index (χ4v) is 1.21. The zero-order valence-electron chi connectivity index (χ0n) is 7.23. The average Bonchev–Trinajstić information content (AvgIpc) is 1.84. The Bertz CT molecular complexity index is 175. The van der Waals surface area contributed by atoms with Crippen LogP contribution in [0.1, 0.15) is 12.8 Å². The van der Waals surface area contributed by atoms with Gasteiger partial charge in [-0.05, 0) is 0 Å². The molecule has 0 heterocycles. The highest BCUT2D eigenvalue weighted by Gasteiger charge is 2.22. The van der Waals surface area contributed by atoms with Gasteiger partial charge in [-0.1, -0.05) is 7.43 Å². The molecule has 0 saturated heterocycles. The van der Waals surface area contributed by atoms with E-state index < -0.39 is 17.9 Å². The maximum Gasteiger partial charge on any atom is 0.458 e. The molecule has 1 radical (unpaired) electrons. The Morgan fingerprint density at radius 2 is 1.54 bits per heavy atom. The summed E-state index contributed by atoms with van der Waals surface area (Å²) in [5.74, 6) is -2.69. The molecule has 0 spiro atoms. The molecule has 5 nitrogen and oxygen atoms in total. The molecule has 0 aromatic heterocycles. The normalized spacial score (nSPS) is 9.00. The molecule has 0 aliphatic carbocycles. The molecule has 0 atom stereocenters. The van der Waals surface area contributed by atoms with E-state index in [-0.39, 0.29) is 37.7 Å². The molecule has 0 aliphatic rings. The van der Waals surface area contributed by atoms with Gasteiger partial charge in [-0.2, -0.15) is 0 Å². The van der Waals surface area contributed by atoms with Gasteiger partial charge in [0.15, 0.2) is 0 Å². The van der Waals surface area contributed by atoms with E-state index >= 15 is 0 Å². The van der Waals surface area contributed by atoms with E-state index in [0.29, 0.717) is 0 Å². The van der Waals surface area contributed by atoms with Crippen LogP contribution in [0.3, 0.4) is 0 Å². The summed E-state index contributed by atoms with van der Waals surface area (Å²) in [6.45, 7) is 0. The van der Waals surface area contributed by atoms with Crippen LogP contribution in [0.15, 0.2) is 0 Å². The Kier molecular flexibility index (Phi) is 8.47. The predicted octanol–water partition coefficient (Wildman–Crippen LogP) is 0.430. The number of carboxylic acid groups (broad SMARTS) is 2. The monoisotopic (exact) mass is 208 g/mol. The van der Waals surface area contributed by atoms with E-state index in [9.17, 15) is 13.8 Å². The van der Waals surface area contributed by atoms with Crippen molar-refractivity contribution in [1.29, 1.82) is 0 Å². The van der Waals surface area contributed by atoms with Crippen molar-refractivity contribution in [1.82, 2.24) is 0 Å². The zero-order valence-corrected chi connectivity index (χ0v) is 8.04. The zero-order chi connectivity index (χ0) is 9.56. The van der Waals surface area contributed by atoms with Gasteiger partial charge in [0.25, 0.3) is 0 Å². The van der Waals surface area contributed by atoms with Gasteiger partial charge in [0, 0.05) is 10.1 Å². The molecule has 0 rings (SSSR count). The van der Waals surface area contributed by atoms with Crippen LogP contribution in [-0.4, -0.2) is 27.9 Å². The molecule has 0 aliphatic heterocycles. The highest BCUT2D eigenvalue weighted by Crippen LogP contribution is 2.08. The second-order valence-corrected chi connectivity index (χ2v) is 2.92. The Morgan fingerprint density at radius 3 is 1.77 bits per heavy atom. The van der Waals surface area contributed by atoms with Crippen molar-refractivity contribution in [2.24, 2.45) is 5.92 Å². The van der Waals surface area contributed by atoms with Crippen molar-refractivity contribution in [2.75, 3.05) is 5.75 Å². The summed E-state index contributed by atoms with van der Waals surface area (Å²) in [6.07, 6.45) is -0.525. The van der Waals surface area contributed by atoms with Crippen LogP contribution in [-0.2, 0) is 25.5 Å². The lowest BCUT2D eigenvalue weighted by atomic mass is 10.0. The molecule has 0 amide bonds. The summed E-state index contributed by atoms with van der Waals surface area (Å²) in [5.41, 5.74) is 0. The van der Waals surface area contributed by atoms with E-state index in [1.54, 1.807) is 0 Å². The molecule has 13 heavy (non-hydrogen) atoms. The van der Waals surface area contributed by atoms with Gasteiger partial charge in [-0.25, -0.2) is 0 Å². The van der Waals surface area contributed by atoms with Crippen LogP contribution in [0.4, 0.5) is 0 Å². The van der Waals surface area contributed by atoms with Gasteiger partial charge < -0.3 is 10.2 Å². The smallest absolute Gasteiger partial charge is 0.458 e. The standard InChI is InChI=1S/C6H8O5S.CH3/c7-5(8)1-4(3-12-11)2-6(9)10;/h4H,1-3H2,(H-,7,8,9,10);1H3/p+1. The van der Waals surface area contributed by atoms with Crippen molar-refractivity contribution < 1.29 is 24.0 Å². The number of aliphatic carboxylic acids is 2. The molecule has 0 aromatic rings. The summed E-state index contributed by atoms with van der Waals surface area (Å²) >= 11 is 0.217. The number of hydrogen-bond donors (Lipinski definition) is 2. The summed E-state index contributed by atoms with van der Waals surface area (Å²) in [6, 6.07) is 0. The first-order chi connectivity index (χ1) is 5.56. The third-order valence-corrected chi connectivity index (χ3v) is 1.84. The topological polar surface area (TPSA) is 91.7 Å². The van der Waals surface area contributed by atoms with E-state index in [2.05, 4.69) is 0 Å². The first kappa shape index (κ1) is 14.5. The molecular weight excluding hydrogens is 196 g/mol. The maximum absolute atomic E-state index is 10.2. The summed E-state index contributed by atoms with van der Waals surface area (Å²) in [7, 11) is 0. The fraction of sp³-hybridized carbons (Fsp3) is 0.571. The molecule has 6 heteroatoms. The van der Waals surface area contributed by atoms with Crippen molar-refractivity contribution >= 4 is 23.6 Å². The van der Waals surface area contributed by atoms with Crippen molar-refractivity contribution in [3.63, 3.8) is 0 Å². The van der Waals surface area contributed by atoms with Gasteiger partial charge in [0.05, 0.1) is 12.8 Å². The van der Waals surface area contributed by atoms with Crippen LogP contribution in [0, 0.1) is 13.3 Å². The van der Waals surface area contributed by atoms with Gasteiger partial charge in [0.2, 0.25) is 5.75 Å². The molecule has 0 fully saturated rings. The van der Waals surface area contributed by atoms with Crippen molar-refractivity contribution in [2.45, 2.75) is 12.8 Å². The minimum Gasteiger partial charge on any atom is -0.481 e. The van der Waals surface area contributed by atoms with Gasteiger partial charge >= 0.3 is 23.6 Å². The molecule has 2 N–H and O–H groups in total. The quantitative estimate of drug-likeness (QED) is 0.617. The highest BCUT2D eigenvalue weighted by atomic mass is 32.1. The summed E-state index contributed by atoms with van der Waals surface area (Å²) in [4.78, 5) is 20.3. The summed E-state index contributed by atoms with van der Waals surface area (Å²) < 4.78 is 10.0. The number of rotatable bonds is 6. The number of hydrogen-bond acceptors (Lipinski definition) is 3. The van der Waals surface area contributed by atoms with Crippen LogP contribution in [0.2, 0.25) is 0 Å². The Labute approximate surface area is 80.3 Å². The first-order valence-electron chi connectivity index (χ1n) is 3.24.